The molecule has 1 atom stereocenters. The lowest BCUT2D eigenvalue weighted by atomic mass is 10.0. The first-order valence-corrected chi connectivity index (χ1v) is 8.83. The van der Waals surface area contributed by atoms with Gasteiger partial charge in [-0.25, -0.2) is 4.98 Å². The summed E-state index contributed by atoms with van der Waals surface area (Å²) in [6.07, 6.45) is 2.35. The summed E-state index contributed by atoms with van der Waals surface area (Å²) in [7, 11) is 0. The predicted molar refractivity (Wildman–Crippen MR) is 94.2 cm³/mol. The van der Waals surface area contributed by atoms with Crippen LogP contribution in [0.25, 0.3) is 10.9 Å². The van der Waals surface area contributed by atoms with E-state index in [9.17, 15) is 9.59 Å². The lowest BCUT2D eigenvalue weighted by Crippen LogP contribution is -2.41. The molecule has 3 aromatic rings. The van der Waals surface area contributed by atoms with Crippen molar-refractivity contribution < 1.29 is 4.79 Å². The third kappa shape index (κ3) is 2.43. The maximum absolute atomic E-state index is 12.7. The highest BCUT2D eigenvalue weighted by molar-refractivity contribution is 7.10. The van der Waals surface area contributed by atoms with Gasteiger partial charge in [-0.2, -0.15) is 0 Å². The average molecular weight is 339 g/mol. The number of carbonyl (C=O) groups excluding carboxylic acids is 1. The molecular formula is C18H17N3O2S. The molecule has 0 saturated carbocycles. The van der Waals surface area contributed by atoms with Crippen molar-refractivity contribution >= 4 is 28.1 Å². The zero-order chi connectivity index (χ0) is 16.7. The number of nitrogens with zero attached hydrogens (tertiary/aromatic N) is 3. The first-order chi connectivity index (χ1) is 11.6. The third-order valence-corrected chi connectivity index (χ3v) is 5.63. The fourth-order valence-electron chi connectivity index (χ4n) is 3.31. The van der Waals surface area contributed by atoms with E-state index in [-0.39, 0.29) is 24.1 Å². The van der Waals surface area contributed by atoms with Gasteiger partial charge in [-0.1, -0.05) is 12.1 Å². The number of para-hydroxylation sites is 1. The Labute approximate surface area is 143 Å². The quantitative estimate of drug-likeness (QED) is 0.721. The second-order valence-electron chi connectivity index (χ2n) is 6.01. The largest absolute Gasteiger partial charge is 0.334 e. The number of rotatable bonds is 2. The summed E-state index contributed by atoms with van der Waals surface area (Å²) in [6.45, 7) is 2.77. The number of aromatic nitrogens is 2. The van der Waals surface area contributed by atoms with Crippen LogP contribution < -0.4 is 5.56 Å². The molecule has 1 amide bonds. The van der Waals surface area contributed by atoms with Crippen LogP contribution in [0.3, 0.4) is 0 Å². The summed E-state index contributed by atoms with van der Waals surface area (Å²) in [5, 5.41) is 2.62. The number of hydrogen-bond donors (Lipinski definition) is 0. The van der Waals surface area contributed by atoms with Crippen LogP contribution in [-0.2, 0) is 17.8 Å². The van der Waals surface area contributed by atoms with Gasteiger partial charge < -0.3 is 4.90 Å². The Morgan fingerprint density at radius 3 is 3.04 bits per heavy atom. The first kappa shape index (κ1) is 15.1. The van der Waals surface area contributed by atoms with E-state index in [1.54, 1.807) is 23.5 Å². The van der Waals surface area contributed by atoms with Crippen LogP contribution in [0.1, 0.15) is 23.4 Å². The molecule has 0 fully saturated rings. The van der Waals surface area contributed by atoms with Gasteiger partial charge in [-0.15, -0.1) is 11.3 Å². The van der Waals surface area contributed by atoms with Gasteiger partial charge in [0, 0.05) is 11.4 Å². The molecule has 1 aliphatic rings. The lowest BCUT2D eigenvalue weighted by molar-refractivity contribution is -0.134. The molecule has 2 aromatic heterocycles. The molecule has 5 nitrogen and oxygen atoms in total. The average Bonchev–Trinajstić information content (AvgIpc) is 3.07. The van der Waals surface area contributed by atoms with Crippen LogP contribution in [-0.4, -0.2) is 26.9 Å². The maximum atomic E-state index is 12.7. The van der Waals surface area contributed by atoms with Gasteiger partial charge in [0.1, 0.15) is 6.54 Å². The van der Waals surface area contributed by atoms with Crippen molar-refractivity contribution in [2.24, 2.45) is 0 Å². The Balaban J connectivity index is 1.61. The molecule has 1 aromatic carbocycles. The van der Waals surface area contributed by atoms with E-state index in [2.05, 4.69) is 16.4 Å². The SMILES string of the molecule is C[C@H]1c2ccsc2CCN1C(=O)Cn1cnc2ccccc2c1=O. The Morgan fingerprint density at radius 1 is 1.33 bits per heavy atom. The summed E-state index contributed by atoms with van der Waals surface area (Å²) >= 11 is 1.75. The highest BCUT2D eigenvalue weighted by atomic mass is 32.1. The van der Waals surface area contributed by atoms with Crippen molar-refractivity contribution in [2.45, 2.75) is 25.9 Å². The summed E-state index contributed by atoms with van der Waals surface area (Å²) < 4.78 is 1.40. The molecule has 6 heteroatoms. The Kier molecular flexibility index (Phi) is 3.69. The van der Waals surface area contributed by atoms with Gasteiger partial charge in [-0.05, 0) is 42.5 Å². The van der Waals surface area contributed by atoms with Crippen LogP contribution in [0.4, 0.5) is 0 Å². The molecule has 3 heterocycles. The van der Waals surface area contributed by atoms with Crippen molar-refractivity contribution in [1.82, 2.24) is 14.5 Å². The minimum atomic E-state index is -0.171. The second kappa shape index (κ2) is 5.87. The Hall–Kier alpha value is -2.47. The minimum Gasteiger partial charge on any atom is -0.334 e. The lowest BCUT2D eigenvalue weighted by Gasteiger charge is -2.33. The molecule has 0 unspecified atom stereocenters. The van der Waals surface area contributed by atoms with Crippen molar-refractivity contribution in [1.29, 1.82) is 0 Å². The van der Waals surface area contributed by atoms with Crippen molar-refractivity contribution in [3.05, 3.63) is 62.8 Å². The van der Waals surface area contributed by atoms with Crippen LogP contribution >= 0.6 is 11.3 Å². The van der Waals surface area contributed by atoms with E-state index in [0.29, 0.717) is 17.4 Å². The molecule has 0 radical (unpaired) electrons. The fraction of sp³-hybridized carbons (Fsp3) is 0.278. The fourth-order valence-corrected chi connectivity index (χ4v) is 4.27. The molecule has 122 valence electrons. The van der Waals surface area contributed by atoms with Crippen molar-refractivity contribution in [3.63, 3.8) is 0 Å². The number of hydrogen-bond acceptors (Lipinski definition) is 4. The van der Waals surface area contributed by atoms with E-state index in [1.165, 1.54) is 21.3 Å². The molecule has 0 bridgehead atoms. The maximum Gasteiger partial charge on any atom is 0.261 e. The third-order valence-electron chi connectivity index (χ3n) is 4.63. The smallest absolute Gasteiger partial charge is 0.261 e. The van der Waals surface area contributed by atoms with Gasteiger partial charge in [-0.3, -0.25) is 14.2 Å². The molecule has 4 rings (SSSR count). The minimum absolute atomic E-state index is 0.0283. The molecule has 0 spiro atoms. The zero-order valence-corrected chi connectivity index (χ0v) is 14.1. The molecule has 1 aliphatic heterocycles. The molecule has 0 N–H and O–H groups in total. The number of carbonyl (C=O) groups is 1. The van der Waals surface area contributed by atoms with Crippen LogP contribution in [0.2, 0.25) is 0 Å². The summed E-state index contributed by atoms with van der Waals surface area (Å²) in [4.78, 5) is 32.8. The van der Waals surface area contributed by atoms with E-state index < -0.39 is 0 Å². The van der Waals surface area contributed by atoms with E-state index in [1.807, 2.05) is 24.0 Å². The number of fused-ring (bicyclic) bond motifs is 2. The summed E-state index contributed by atoms with van der Waals surface area (Å²) in [5.74, 6) is -0.0430. The normalized spacial score (nSPS) is 17.0. The molecular weight excluding hydrogens is 322 g/mol. The first-order valence-electron chi connectivity index (χ1n) is 7.95. The van der Waals surface area contributed by atoms with Crippen LogP contribution in [0, 0.1) is 0 Å². The predicted octanol–water partition coefficient (Wildman–Crippen LogP) is 2.60. The highest BCUT2D eigenvalue weighted by Gasteiger charge is 2.28. The van der Waals surface area contributed by atoms with Gasteiger partial charge in [0.15, 0.2) is 0 Å². The summed E-state index contributed by atoms with van der Waals surface area (Å²) in [6, 6.07) is 9.34. The number of thiophene rings is 1. The second-order valence-corrected chi connectivity index (χ2v) is 7.01. The molecule has 0 saturated heterocycles. The monoisotopic (exact) mass is 339 g/mol. The highest BCUT2D eigenvalue weighted by Crippen LogP contribution is 2.32. The van der Waals surface area contributed by atoms with E-state index in [0.717, 1.165) is 6.42 Å². The van der Waals surface area contributed by atoms with Gasteiger partial charge in [0.25, 0.3) is 5.56 Å². The Morgan fingerprint density at radius 2 is 2.17 bits per heavy atom. The van der Waals surface area contributed by atoms with Gasteiger partial charge >= 0.3 is 0 Å². The Bertz CT molecular complexity index is 976. The molecule has 0 aliphatic carbocycles. The summed E-state index contributed by atoms with van der Waals surface area (Å²) in [5.41, 5.74) is 1.71. The van der Waals surface area contributed by atoms with Crippen molar-refractivity contribution in [2.75, 3.05) is 6.54 Å². The van der Waals surface area contributed by atoms with E-state index in [4.69, 9.17) is 0 Å². The van der Waals surface area contributed by atoms with Gasteiger partial charge in [0.05, 0.1) is 23.3 Å². The van der Waals surface area contributed by atoms with Gasteiger partial charge in [0.2, 0.25) is 5.91 Å². The topological polar surface area (TPSA) is 55.2 Å². The number of amides is 1. The molecule has 24 heavy (non-hydrogen) atoms. The van der Waals surface area contributed by atoms with Crippen LogP contribution in [0.5, 0.6) is 0 Å². The zero-order valence-electron chi connectivity index (χ0n) is 13.3. The van der Waals surface area contributed by atoms with E-state index >= 15 is 0 Å². The van der Waals surface area contributed by atoms with Crippen LogP contribution in [0.15, 0.2) is 46.8 Å². The van der Waals surface area contributed by atoms with Crippen molar-refractivity contribution in [3.8, 4) is 0 Å². The number of benzene rings is 1. The standard InChI is InChI=1S/C18H17N3O2S/c1-12-13-7-9-24-16(13)6-8-21(12)17(22)10-20-11-19-15-5-3-2-4-14(15)18(20)23/h2-5,7,9,11-12H,6,8,10H2,1H3/t12-/m0/s1.